The second-order valence-electron chi connectivity index (χ2n) is 10.4. The highest BCUT2D eigenvalue weighted by Crippen LogP contribution is 2.53. The number of rotatable bonds is 4. The highest BCUT2D eigenvalue weighted by atomic mass is 35.5. The number of alkyl halides is 3. The first-order valence-electron chi connectivity index (χ1n) is 12.8. The van der Waals surface area contributed by atoms with Crippen molar-refractivity contribution >= 4 is 46.5 Å². The molecule has 0 aliphatic carbocycles. The number of benzene rings is 2. The van der Waals surface area contributed by atoms with Gasteiger partial charge in [-0.05, 0) is 55.3 Å². The van der Waals surface area contributed by atoms with Gasteiger partial charge < -0.3 is 15.1 Å². The van der Waals surface area contributed by atoms with Crippen molar-refractivity contribution in [2.75, 3.05) is 44.2 Å². The third-order valence-corrected chi connectivity index (χ3v) is 8.83. The number of thioether (sulfide) groups is 1. The van der Waals surface area contributed by atoms with Gasteiger partial charge in [-0.2, -0.15) is 18.4 Å². The van der Waals surface area contributed by atoms with Gasteiger partial charge in [0.05, 0.1) is 28.2 Å². The zero-order valence-electron chi connectivity index (χ0n) is 22.3. The number of allylic oxidation sites excluding steroid dienone is 1. The van der Waals surface area contributed by atoms with Crippen LogP contribution in [0.25, 0.3) is 5.57 Å². The standard InChI is InChI=1S/C28H27F4N5O2S.ClH/c1-27(2)22(16-4-6-19(21(29)13-16)25(38)36-10-7-34-8-11-36)23(40-26(27)39)24-35-9-12-37(24)18-5-3-17(15-33)20(14-18)28(30,31)32;/h3-6,13-14,24,34-35H,7-12H2,1-2H3;1H. The maximum absolute atomic E-state index is 15.4. The molecule has 0 bridgehead atoms. The number of hydrogen-bond acceptors (Lipinski definition) is 7. The van der Waals surface area contributed by atoms with E-state index in [1.807, 2.05) is 0 Å². The summed E-state index contributed by atoms with van der Waals surface area (Å²) in [5.41, 5.74) is -1.36. The molecule has 13 heteroatoms. The quantitative estimate of drug-likeness (QED) is 0.489. The molecule has 0 saturated carbocycles. The zero-order chi connectivity index (χ0) is 28.8. The van der Waals surface area contributed by atoms with Crippen molar-refractivity contribution < 1.29 is 27.2 Å². The van der Waals surface area contributed by atoms with Gasteiger partial charge in [0.15, 0.2) is 0 Å². The van der Waals surface area contributed by atoms with Crippen molar-refractivity contribution in [3.05, 3.63) is 69.4 Å². The van der Waals surface area contributed by atoms with E-state index in [1.165, 1.54) is 18.2 Å². The molecule has 41 heavy (non-hydrogen) atoms. The molecule has 218 valence electrons. The predicted octanol–water partition coefficient (Wildman–Crippen LogP) is 4.63. The molecule has 2 N–H and O–H groups in total. The molecule has 0 aromatic heterocycles. The molecular weight excluding hydrogens is 582 g/mol. The maximum atomic E-state index is 15.4. The van der Waals surface area contributed by atoms with Crippen molar-refractivity contribution in [1.29, 1.82) is 5.26 Å². The molecule has 1 unspecified atom stereocenters. The Balaban J connectivity index is 0.00000387. The third kappa shape index (κ3) is 5.68. The van der Waals surface area contributed by atoms with Gasteiger partial charge in [-0.1, -0.05) is 17.8 Å². The summed E-state index contributed by atoms with van der Waals surface area (Å²) in [5.74, 6) is -1.10. The number of halogens is 5. The molecular formula is C28H28ClF4N5O2S. The average Bonchev–Trinajstić information content (AvgIpc) is 3.50. The number of piperazine rings is 1. The van der Waals surface area contributed by atoms with E-state index in [0.29, 0.717) is 55.3 Å². The predicted molar refractivity (Wildman–Crippen MR) is 151 cm³/mol. The second-order valence-corrected chi connectivity index (χ2v) is 11.4. The van der Waals surface area contributed by atoms with Crippen LogP contribution in [0.15, 0.2) is 41.3 Å². The van der Waals surface area contributed by atoms with Crippen LogP contribution in [0.1, 0.15) is 40.9 Å². The number of nitriles is 1. The van der Waals surface area contributed by atoms with E-state index >= 15 is 4.39 Å². The minimum atomic E-state index is -4.71. The maximum Gasteiger partial charge on any atom is 0.417 e. The van der Waals surface area contributed by atoms with Crippen LogP contribution in [0, 0.1) is 22.6 Å². The Morgan fingerprint density at radius 3 is 2.44 bits per heavy atom. The summed E-state index contributed by atoms with van der Waals surface area (Å²) >= 11 is 0.985. The summed E-state index contributed by atoms with van der Waals surface area (Å²) in [5, 5.41) is 15.4. The fraction of sp³-hybridized carbons (Fsp3) is 0.393. The first-order valence-corrected chi connectivity index (χ1v) is 13.6. The molecule has 3 aliphatic heterocycles. The van der Waals surface area contributed by atoms with Gasteiger partial charge in [-0.25, -0.2) is 4.39 Å². The van der Waals surface area contributed by atoms with E-state index in [1.54, 1.807) is 35.8 Å². The fourth-order valence-corrected chi connectivity index (χ4v) is 6.74. The van der Waals surface area contributed by atoms with E-state index in [9.17, 15) is 28.0 Å². The van der Waals surface area contributed by atoms with Crippen LogP contribution in [0.3, 0.4) is 0 Å². The molecule has 0 spiro atoms. The monoisotopic (exact) mass is 609 g/mol. The topological polar surface area (TPSA) is 88.5 Å². The number of carbonyl (C=O) groups excluding carboxylic acids is 2. The van der Waals surface area contributed by atoms with Gasteiger partial charge in [-0.3, -0.25) is 14.9 Å². The lowest BCUT2D eigenvalue weighted by atomic mass is 9.80. The summed E-state index contributed by atoms with van der Waals surface area (Å²) in [4.78, 5) is 29.9. The smallest absolute Gasteiger partial charge is 0.350 e. The van der Waals surface area contributed by atoms with Crippen LogP contribution in [0.5, 0.6) is 0 Å². The van der Waals surface area contributed by atoms with E-state index in [-0.39, 0.29) is 28.8 Å². The number of carbonyl (C=O) groups is 2. The Labute approximate surface area is 245 Å². The van der Waals surface area contributed by atoms with Crippen molar-refractivity contribution in [2.45, 2.75) is 26.2 Å². The largest absolute Gasteiger partial charge is 0.417 e. The fourth-order valence-electron chi connectivity index (χ4n) is 5.38. The lowest BCUT2D eigenvalue weighted by molar-refractivity contribution is -0.137. The molecule has 2 aromatic carbocycles. The molecule has 3 aliphatic rings. The van der Waals surface area contributed by atoms with E-state index < -0.39 is 40.6 Å². The Morgan fingerprint density at radius 2 is 1.80 bits per heavy atom. The number of amides is 1. The first-order chi connectivity index (χ1) is 18.9. The SMILES string of the molecule is CC1(C)C(=O)SC(C2NCCN2c2ccc(C#N)c(C(F)(F)F)c2)=C1c1ccc(C(=O)N2CCNCC2)c(F)c1.Cl. The molecule has 5 rings (SSSR count). The highest BCUT2D eigenvalue weighted by Gasteiger charge is 2.47. The summed E-state index contributed by atoms with van der Waals surface area (Å²) < 4.78 is 56.4. The molecule has 7 nitrogen and oxygen atoms in total. The summed E-state index contributed by atoms with van der Waals surface area (Å²) in [6, 6.07) is 9.45. The molecule has 2 fully saturated rings. The summed E-state index contributed by atoms with van der Waals surface area (Å²) in [6.07, 6.45) is -5.36. The first kappa shape index (κ1) is 30.8. The number of nitrogens with zero attached hydrogens (tertiary/aromatic N) is 3. The molecule has 0 radical (unpaired) electrons. The zero-order valence-corrected chi connectivity index (χ0v) is 23.9. The van der Waals surface area contributed by atoms with Gasteiger partial charge in [0.2, 0.25) is 5.12 Å². The van der Waals surface area contributed by atoms with Crippen LogP contribution in [-0.4, -0.2) is 61.4 Å². The van der Waals surface area contributed by atoms with Gasteiger partial charge in [0.1, 0.15) is 12.0 Å². The van der Waals surface area contributed by atoms with Crippen LogP contribution in [-0.2, 0) is 11.0 Å². The molecule has 1 atom stereocenters. The van der Waals surface area contributed by atoms with E-state index in [4.69, 9.17) is 0 Å². The Kier molecular flexibility index (Phi) is 8.76. The highest BCUT2D eigenvalue weighted by molar-refractivity contribution is 8.17. The van der Waals surface area contributed by atoms with E-state index in [2.05, 4.69) is 10.6 Å². The van der Waals surface area contributed by atoms with Gasteiger partial charge in [0, 0.05) is 49.9 Å². The average molecular weight is 610 g/mol. The number of nitrogens with one attached hydrogen (secondary N) is 2. The Bertz CT molecular complexity index is 1450. The molecule has 1 amide bonds. The van der Waals surface area contributed by atoms with Crippen molar-refractivity contribution in [2.24, 2.45) is 5.41 Å². The van der Waals surface area contributed by atoms with Crippen LogP contribution in [0.2, 0.25) is 0 Å². The molecule has 2 saturated heterocycles. The number of anilines is 1. The second kappa shape index (κ2) is 11.6. The molecule has 2 aromatic rings. The summed E-state index contributed by atoms with van der Waals surface area (Å²) in [6.45, 7) is 6.45. The van der Waals surface area contributed by atoms with Gasteiger partial charge in [-0.15, -0.1) is 12.4 Å². The van der Waals surface area contributed by atoms with Crippen molar-refractivity contribution in [1.82, 2.24) is 15.5 Å². The lowest BCUT2D eigenvalue weighted by Crippen LogP contribution is -2.46. The van der Waals surface area contributed by atoms with Crippen LogP contribution in [0.4, 0.5) is 23.2 Å². The minimum Gasteiger partial charge on any atom is -0.350 e. The van der Waals surface area contributed by atoms with Crippen LogP contribution >= 0.6 is 24.2 Å². The van der Waals surface area contributed by atoms with E-state index in [0.717, 1.165) is 23.9 Å². The Morgan fingerprint density at radius 1 is 1.10 bits per heavy atom. The molecule has 3 heterocycles. The third-order valence-electron chi connectivity index (χ3n) is 7.49. The van der Waals surface area contributed by atoms with Crippen LogP contribution < -0.4 is 15.5 Å². The van der Waals surface area contributed by atoms with Gasteiger partial charge in [0.25, 0.3) is 5.91 Å². The van der Waals surface area contributed by atoms with Gasteiger partial charge >= 0.3 is 6.18 Å². The lowest BCUT2D eigenvalue weighted by Gasteiger charge is -2.29. The summed E-state index contributed by atoms with van der Waals surface area (Å²) in [7, 11) is 0. The van der Waals surface area contributed by atoms with Crippen molar-refractivity contribution in [3.63, 3.8) is 0 Å². The minimum absolute atomic E-state index is 0. The number of hydrogen-bond donors (Lipinski definition) is 2. The normalized spacial score (nSPS) is 20.7. The Hall–Kier alpha value is -3.11. The van der Waals surface area contributed by atoms with Crippen molar-refractivity contribution in [3.8, 4) is 6.07 Å².